The zero-order chi connectivity index (χ0) is 15.3. The highest BCUT2D eigenvalue weighted by Gasteiger charge is 2.19. The fourth-order valence-corrected chi connectivity index (χ4v) is 1.71. The lowest BCUT2D eigenvalue weighted by Crippen LogP contribution is -2.38. The number of rotatable bonds is 6. The summed E-state index contributed by atoms with van der Waals surface area (Å²) in [5.74, 6) is -2.01. The summed E-state index contributed by atoms with van der Waals surface area (Å²) in [7, 11) is 0. The smallest absolute Gasteiger partial charge is 0.325 e. The highest BCUT2D eigenvalue weighted by molar-refractivity contribution is 5.79. The first-order valence-electron chi connectivity index (χ1n) is 6.16. The van der Waals surface area contributed by atoms with E-state index in [2.05, 4.69) is 4.98 Å². The van der Waals surface area contributed by atoms with Crippen LogP contribution < -0.4 is 11.2 Å². The van der Waals surface area contributed by atoms with Gasteiger partial charge in [0.25, 0.3) is 5.56 Å². The first-order chi connectivity index (χ1) is 9.33. The van der Waals surface area contributed by atoms with E-state index in [4.69, 9.17) is 5.11 Å². The molecule has 8 nitrogen and oxygen atoms in total. The van der Waals surface area contributed by atoms with Gasteiger partial charge in [-0.3, -0.25) is 19.4 Å². The maximum atomic E-state index is 12.0. The average molecular weight is 283 g/mol. The molecular formula is C12H17N3O5. The van der Waals surface area contributed by atoms with Crippen LogP contribution in [0, 0.1) is 5.92 Å². The van der Waals surface area contributed by atoms with Crippen molar-refractivity contribution in [3.8, 4) is 0 Å². The number of nitrogens with zero attached hydrogens (tertiary/aromatic N) is 1. The van der Waals surface area contributed by atoms with Crippen LogP contribution in [0.3, 0.4) is 0 Å². The summed E-state index contributed by atoms with van der Waals surface area (Å²) < 4.78 is 0. The molecule has 1 aromatic rings. The van der Waals surface area contributed by atoms with Crippen molar-refractivity contribution < 1.29 is 14.7 Å². The van der Waals surface area contributed by atoms with Gasteiger partial charge in [0.2, 0.25) is 5.91 Å². The molecule has 0 saturated heterocycles. The van der Waals surface area contributed by atoms with E-state index >= 15 is 0 Å². The number of likely N-dealkylation sites (N-methyl/N-ethyl adjacent to an activating group) is 1. The first kappa shape index (κ1) is 15.7. The number of nitrogens with one attached hydrogen (secondary N) is 2. The highest BCUT2D eigenvalue weighted by atomic mass is 16.4. The molecule has 1 aromatic heterocycles. The van der Waals surface area contributed by atoms with Gasteiger partial charge in [-0.1, -0.05) is 6.92 Å². The zero-order valence-electron chi connectivity index (χ0n) is 11.3. The third-order valence-corrected chi connectivity index (χ3v) is 2.81. The van der Waals surface area contributed by atoms with Gasteiger partial charge >= 0.3 is 11.7 Å². The number of H-pyrrole nitrogens is 2. The predicted molar refractivity (Wildman–Crippen MR) is 70.4 cm³/mol. The molecular weight excluding hydrogens is 266 g/mol. The molecule has 0 aliphatic carbocycles. The van der Waals surface area contributed by atoms with E-state index in [1.165, 1.54) is 11.8 Å². The molecule has 0 saturated carbocycles. The normalized spacial score (nSPS) is 11.9. The van der Waals surface area contributed by atoms with Gasteiger partial charge in [0.15, 0.2) is 0 Å². The number of aliphatic carboxylic acids is 1. The van der Waals surface area contributed by atoms with Crippen LogP contribution in [0.25, 0.3) is 0 Å². The molecule has 20 heavy (non-hydrogen) atoms. The van der Waals surface area contributed by atoms with Crippen LogP contribution in [0.15, 0.2) is 15.7 Å². The van der Waals surface area contributed by atoms with Crippen molar-refractivity contribution in [2.24, 2.45) is 5.92 Å². The molecule has 1 heterocycles. The Morgan fingerprint density at radius 1 is 1.35 bits per heavy atom. The number of carbonyl (C=O) groups excluding carboxylic acids is 1. The second-order valence-electron chi connectivity index (χ2n) is 4.46. The van der Waals surface area contributed by atoms with Gasteiger partial charge in [0.05, 0.1) is 12.3 Å². The van der Waals surface area contributed by atoms with Crippen LogP contribution >= 0.6 is 0 Å². The Bertz CT molecular complexity index is 575. The minimum Gasteiger partial charge on any atom is -0.481 e. The number of hydrogen-bond donors (Lipinski definition) is 3. The minimum absolute atomic E-state index is 0.0814. The molecule has 0 radical (unpaired) electrons. The SMILES string of the molecule is CCN(CC(C)C(=O)O)C(=O)Cc1cc(=O)[nH]c(=O)[nH]1. The molecule has 0 fully saturated rings. The third kappa shape index (κ3) is 4.38. The minimum atomic E-state index is -0.985. The standard InChI is InChI=1S/C12H17N3O5/c1-3-15(6-7(2)11(18)19)10(17)5-8-4-9(16)14-12(20)13-8/h4,7H,3,5-6H2,1-2H3,(H,18,19)(H2,13,14,16,20). The van der Waals surface area contributed by atoms with Crippen molar-refractivity contribution in [1.82, 2.24) is 14.9 Å². The van der Waals surface area contributed by atoms with Crippen molar-refractivity contribution in [3.63, 3.8) is 0 Å². The Morgan fingerprint density at radius 3 is 2.50 bits per heavy atom. The Balaban J connectivity index is 2.79. The van der Waals surface area contributed by atoms with Crippen LogP contribution in [-0.2, 0) is 16.0 Å². The maximum Gasteiger partial charge on any atom is 0.325 e. The molecule has 3 N–H and O–H groups in total. The van der Waals surface area contributed by atoms with Crippen LogP contribution in [0.4, 0.5) is 0 Å². The summed E-state index contributed by atoms with van der Waals surface area (Å²) in [6, 6.07) is 1.13. The van der Waals surface area contributed by atoms with Gasteiger partial charge in [-0.25, -0.2) is 4.79 Å². The Hall–Kier alpha value is -2.38. The maximum absolute atomic E-state index is 12.0. The molecule has 0 aliphatic rings. The van der Waals surface area contributed by atoms with Crippen LogP contribution in [0.5, 0.6) is 0 Å². The monoisotopic (exact) mass is 283 g/mol. The molecule has 110 valence electrons. The van der Waals surface area contributed by atoms with Crippen LogP contribution in [0.1, 0.15) is 19.5 Å². The molecule has 0 aliphatic heterocycles. The molecule has 1 unspecified atom stereocenters. The largest absolute Gasteiger partial charge is 0.481 e. The first-order valence-corrected chi connectivity index (χ1v) is 6.16. The van der Waals surface area contributed by atoms with Crippen molar-refractivity contribution >= 4 is 11.9 Å². The highest BCUT2D eigenvalue weighted by Crippen LogP contribution is 2.03. The van der Waals surface area contributed by atoms with Crippen molar-refractivity contribution in [3.05, 3.63) is 32.6 Å². The topological polar surface area (TPSA) is 123 Å². The number of hydrogen-bond acceptors (Lipinski definition) is 4. The third-order valence-electron chi connectivity index (χ3n) is 2.81. The summed E-state index contributed by atoms with van der Waals surface area (Å²) in [6.45, 7) is 3.67. The Morgan fingerprint density at radius 2 is 2.00 bits per heavy atom. The van der Waals surface area contributed by atoms with Crippen LogP contribution in [0.2, 0.25) is 0 Å². The van der Waals surface area contributed by atoms with Gasteiger partial charge < -0.3 is 15.0 Å². The lowest BCUT2D eigenvalue weighted by molar-refractivity contribution is -0.142. The van der Waals surface area contributed by atoms with Gasteiger partial charge in [-0.15, -0.1) is 0 Å². The van der Waals surface area contributed by atoms with Gasteiger partial charge in [0.1, 0.15) is 0 Å². The molecule has 0 bridgehead atoms. The van der Waals surface area contributed by atoms with E-state index in [0.29, 0.717) is 6.54 Å². The zero-order valence-corrected chi connectivity index (χ0v) is 11.3. The number of amides is 1. The van der Waals surface area contributed by atoms with Gasteiger partial charge in [0, 0.05) is 24.8 Å². The summed E-state index contributed by atoms with van der Waals surface area (Å²) >= 11 is 0. The van der Waals surface area contributed by atoms with Gasteiger partial charge in [-0.2, -0.15) is 0 Å². The van der Waals surface area contributed by atoms with E-state index in [1.54, 1.807) is 6.92 Å². The summed E-state index contributed by atoms with van der Waals surface area (Å²) in [4.78, 5) is 50.8. The molecule has 0 aromatic carbocycles. The second kappa shape index (κ2) is 6.69. The molecule has 8 heteroatoms. The fourth-order valence-electron chi connectivity index (χ4n) is 1.71. The Labute approximate surface area is 114 Å². The fraction of sp³-hybridized carbons (Fsp3) is 0.500. The number of carboxylic acid groups (broad SMARTS) is 1. The van der Waals surface area contributed by atoms with Crippen molar-refractivity contribution in [2.45, 2.75) is 20.3 Å². The average Bonchev–Trinajstić information content (AvgIpc) is 2.33. The number of aromatic amines is 2. The number of aromatic nitrogens is 2. The Kier molecular flexibility index (Phi) is 5.24. The van der Waals surface area contributed by atoms with E-state index in [0.717, 1.165) is 6.07 Å². The summed E-state index contributed by atoms with van der Waals surface area (Å²) in [6.07, 6.45) is -0.153. The van der Waals surface area contributed by atoms with E-state index in [1.807, 2.05) is 4.98 Å². The summed E-state index contributed by atoms with van der Waals surface area (Å²) in [5.41, 5.74) is -1.06. The second-order valence-corrected chi connectivity index (χ2v) is 4.46. The van der Waals surface area contributed by atoms with E-state index in [-0.39, 0.29) is 24.6 Å². The summed E-state index contributed by atoms with van der Waals surface area (Å²) in [5, 5.41) is 8.84. The van der Waals surface area contributed by atoms with Crippen molar-refractivity contribution in [2.75, 3.05) is 13.1 Å². The predicted octanol–water partition coefficient (Wildman–Crippen LogP) is -0.825. The number of carboxylic acids is 1. The molecule has 1 rings (SSSR count). The van der Waals surface area contributed by atoms with E-state index < -0.39 is 23.1 Å². The van der Waals surface area contributed by atoms with E-state index in [9.17, 15) is 19.2 Å². The van der Waals surface area contributed by atoms with Gasteiger partial charge in [-0.05, 0) is 6.92 Å². The molecule has 0 spiro atoms. The lowest BCUT2D eigenvalue weighted by Gasteiger charge is -2.22. The van der Waals surface area contributed by atoms with Crippen LogP contribution in [-0.4, -0.2) is 44.9 Å². The molecule has 1 atom stereocenters. The van der Waals surface area contributed by atoms with Crippen molar-refractivity contribution in [1.29, 1.82) is 0 Å². The lowest BCUT2D eigenvalue weighted by atomic mass is 10.1. The molecule has 1 amide bonds. The number of carbonyl (C=O) groups is 2. The quantitative estimate of drug-likeness (QED) is 0.629.